The molecule has 0 spiro atoms. The predicted octanol–water partition coefficient (Wildman–Crippen LogP) is 2.02. The van der Waals surface area contributed by atoms with Gasteiger partial charge in [0.05, 0.1) is 11.3 Å². The molecule has 4 nitrogen and oxygen atoms in total. The summed E-state index contributed by atoms with van der Waals surface area (Å²) in [5.41, 5.74) is 9.60. The highest BCUT2D eigenvalue weighted by atomic mass is 16.3. The van der Waals surface area contributed by atoms with E-state index in [1.165, 1.54) is 0 Å². The summed E-state index contributed by atoms with van der Waals surface area (Å²) < 4.78 is 0. The van der Waals surface area contributed by atoms with E-state index in [2.05, 4.69) is 9.88 Å². The van der Waals surface area contributed by atoms with E-state index in [0.29, 0.717) is 0 Å². The first-order valence-corrected chi connectivity index (χ1v) is 7.04. The molecule has 4 heteroatoms. The van der Waals surface area contributed by atoms with E-state index < -0.39 is 5.60 Å². The highest BCUT2D eigenvalue weighted by molar-refractivity contribution is 5.53. The summed E-state index contributed by atoms with van der Waals surface area (Å²) in [6, 6.07) is 0. The van der Waals surface area contributed by atoms with Gasteiger partial charge in [-0.25, -0.2) is 0 Å². The van der Waals surface area contributed by atoms with E-state index in [-0.39, 0.29) is 0 Å². The Bertz CT molecular complexity index is 457. The fourth-order valence-corrected chi connectivity index (χ4v) is 2.64. The maximum atomic E-state index is 10.1. The third kappa shape index (κ3) is 3.45. The number of anilines is 1. The van der Waals surface area contributed by atoms with E-state index in [0.717, 1.165) is 61.4 Å². The molecule has 0 bridgehead atoms. The van der Waals surface area contributed by atoms with Gasteiger partial charge in [0, 0.05) is 25.0 Å². The SMILES string of the molecule is Cc1cnc(CN2CCCC(C)(O)CC2)c(C)c1N. The number of aryl methyl sites for hydroxylation is 1. The van der Waals surface area contributed by atoms with Crippen molar-refractivity contribution >= 4 is 5.69 Å². The molecule has 2 rings (SSSR count). The Morgan fingerprint density at radius 1 is 1.37 bits per heavy atom. The Balaban J connectivity index is 2.07. The lowest BCUT2D eigenvalue weighted by Crippen LogP contribution is -2.28. The van der Waals surface area contributed by atoms with Crippen LogP contribution in [0.3, 0.4) is 0 Å². The Labute approximate surface area is 115 Å². The van der Waals surface area contributed by atoms with E-state index in [9.17, 15) is 5.11 Å². The molecule has 19 heavy (non-hydrogen) atoms. The predicted molar refractivity (Wildman–Crippen MR) is 77.9 cm³/mol. The van der Waals surface area contributed by atoms with Gasteiger partial charge in [-0.05, 0) is 57.7 Å². The number of pyridine rings is 1. The van der Waals surface area contributed by atoms with Gasteiger partial charge in [-0.3, -0.25) is 9.88 Å². The average molecular weight is 263 g/mol. The fourth-order valence-electron chi connectivity index (χ4n) is 2.64. The van der Waals surface area contributed by atoms with Crippen LogP contribution in [0.15, 0.2) is 6.20 Å². The second-order valence-corrected chi connectivity index (χ2v) is 6.05. The number of rotatable bonds is 2. The molecule has 2 heterocycles. The minimum absolute atomic E-state index is 0.510. The van der Waals surface area contributed by atoms with E-state index >= 15 is 0 Å². The molecule has 1 saturated heterocycles. The van der Waals surface area contributed by atoms with Crippen molar-refractivity contribution in [3.8, 4) is 0 Å². The summed E-state index contributed by atoms with van der Waals surface area (Å²) >= 11 is 0. The van der Waals surface area contributed by atoms with Crippen molar-refractivity contribution in [3.63, 3.8) is 0 Å². The summed E-state index contributed by atoms with van der Waals surface area (Å²) in [6.07, 6.45) is 4.60. The van der Waals surface area contributed by atoms with Crippen molar-refractivity contribution in [1.29, 1.82) is 0 Å². The van der Waals surface area contributed by atoms with Crippen LogP contribution in [0.4, 0.5) is 5.69 Å². The summed E-state index contributed by atoms with van der Waals surface area (Å²) in [7, 11) is 0. The molecule has 0 amide bonds. The smallest absolute Gasteiger partial charge is 0.0632 e. The molecular formula is C15H25N3O. The molecule has 1 fully saturated rings. The van der Waals surface area contributed by atoms with Crippen LogP contribution in [0, 0.1) is 13.8 Å². The van der Waals surface area contributed by atoms with Crippen molar-refractivity contribution in [2.24, 2.45) is 0 Å². The Morgan fingerprint density at radius 3 is 2.84 bits per heavy atom. The average Bonchev–Trinajstić information content (AvgIpc) is 2.52. The normalized spacial score (nSPS) is 25.3. The van der Waals surface area contributed by atoms with Crippen LogP contribution >= 0.6 is 0 Å². The van der Waals surface area contributed by atoms with Crippen LogP contribution in [0.25, 0.3) is 0 Å². The lowest BCUT2D eigenvalue weighted by molar-refractivity contribution is 0.0444. The zero-order chi connectivity index (χ0) is 14.0. The topological polar surface area (TPSA) is 62.4 Å². The largest absolute Gasteiger partial charge is 0.398 e. The number of likely N-dealkylation sites (tertiary alicyclic amines) is 1. The second kappa shape index (κ2) is 5.47. The van der Waals surface area contributed by atoms with Gasteiger partial charge in [-0.15, -0.1) is 0 Å². The Morgan fingerprint density at radius 2 is 2.11 bits per heavy atom. The number of hydrogen-bond acceptors (Lipinski definition) is 4. The minimum Gasteiger partial charge on any atom is -0.398 e. The third-order valence-electron chi connectivity index (χ3n) is 4.21. The van der Waals surface area contributed by atoms with Crippen molar-refractivity contribution in [2.45, 2.75) is 52.2 Å². The zero-order valence-electron chi connectivity index (χ0n) is 12.2. The monoisotopic (exact) mass is 263 g/mol. The number of aromatic nitrogens is 1. The van der Waals surface area contributed by atoms with Crippen LogP contribution in [-0.2, 0) is 6.54 Å². The van der Waals surface area contributed by atoms with Gasteiger partial charge >= 0.3 is 0 Å². The minimum atomic E-state index is -0.510. The maximum absolute atomic E-state index is 10.1. The molecule has 1 aliphatic heterocycles. The lowest BCUT2D eigenvalue weighted by Gasteiger charge is -2.23. The quantitative estimate of drug-likeness (QED) is 0.857. The van der Waals surface area contributed by atoms with E-state index in [1.807, 2.05) is 27.0 Å². The highest BCUT2D eigenvalue weighted by Crippen LogP contribution is 2.24. The zero-order valence-corrected chi connectivity index (χ0v) is 12.2. The van der Waals surface area contributed by atoms with Gasteiger partial charge in [0.2, 0.25) is 0 Å². The van der Waals surface area contributed by atoms with Gasteiger partial charge < -0.3 is 10.8 Å². The first-order valence-electron chi connectivity index (χ1n) is 7.04. The molecule has 0 radical (unpaired) electrons. The molecule has 106 valence electrons. The van der Waals surface area contributed by atoms with Crippen molar-refractivity contribution < 1.29 is 5.11 Å². The van der Waals surface area contributed by atoms with Gasteiger partial charge in [0.15, 0.2) is 0 Å². The number of nitrogens with zero attached hydrogens (tertiary/aromatic N) is 2. The molecule has 1 aromatic rings. The van der Waals surface area contributed by atoms with Gasteiger partial charge in [-0.2, -0.15) is 0 Å². The summed E-state index contributed by atoms with van der Waals surface area (Å²) in [5.74, 6) is 0. The highest BCUT2D eigenvalue weighted by Gasteiger charge is 2.25. The standard InChI is InChI=1S/C15H25N3O/c1-11-9-17-13(12(2)14(11)16)10-18-7-4-5-15(3,19)6-8-18/h9,19H,4-8,10H2,1-3H3,(H2,16,17). The second-order valence-electron chi connectivity index (χ2n) is 6.05. The molecule has 1 atom stereocenters. The molecule has 0 aromatic carbocycles. The van der Waals surface area contributed by atoms with E-state index in [1.54, 1.807) is 0 Å². The number of aliphatic hydroxyl groups is 1. The fraction of sp³-hybridized carbons (Fsp3) is 0.667. The van der Waals surface area contributed by atoms with Crippen molar-refractivity contribution in [3.05, 3.63) is 23.0 Å². The molecule has 1 aliphatic rings. The Hall–Kier alpha value is -1.13. The summed E-state index contributed by atoms with van der Waals surface area (Å²) in [6.45, 7) is 8.73. The number of hydrogen-bond donors (Lipinski definition) is 2. The first-order chi connectivity index (χ1) is 8.89. The number of nitrogen functional groups attached to an aromatic ring is 1. The number of nitrogens with two attached hydrogens (primary N) is 1. The summed E-state index contributed by atoms with van der Waals surface area (Å²) in [5, 5.41) is 10.1. The van der Waals surface area contributed by atoms with Crippen molar-refractivity contribution in [1.82, 2.24) is 9.88 Å². The molecule has 0 saturated carbocycles. The molecule has 0 aliphatic carbocycles. The van der Waals surface area contributed by atoms with Gasteiger partial charge in [0.1, 0.15) is 0 Å². The van der Waals surface area contributed by atoms with Crippen LogP contribution in [0.2, 0.25) is 0 Å². The Kier molecular flexibility index (Phi) is 4.11. The van der Waals surface area contributed by atoms with Crippen LogP contribution < -0.4 is 5.73 Å². The molecule has 1 unspecified atom stereocenters. The molecule has 1 aromatic heterocycles. The third-order valence-corrected chi connectivity index (χ3v) is 4.21. The maximum Gasteiger partial charge on any atom is 0.0632 e. The molecule has 3 N–H and O–H groups in total. The van der Waals surface area contributed by atoms with Gasteiger partial charge in [-0.1, -0.05) is 0 Å². The first kappa shape index (κ1) is 14.3. The molecular weight excluding hydrogens is 238 g/mol. The van der Waals surface area contributed by atoms with Crippen LogP contribution in [0.5, 0.6) is 0 Å². The van der Waals surface area contributed by atoms with Crippen LogP contribution in [0.1, 0.15) is 43.0 Å². The van der Waals surface area contributed by atoms with Gasteiger partial charge in [0.25, 0.3) is 0 Å². The van der Waals surface area contributed by atoms with E-state index in [4.69, 9.17) is 5.73 Å². The van der Waals surface area contributed by atoms with Crippen molar-refractivity contribution in [2.75, 3.05) is 18.8 Å². The van der Waals surface area contributed by atoms with Crippen LogP contribution in [-0.4, -0.2) is 33.7 Å². The lowest BCUT2D eigenvalue weighted by atomic mass is 9.98. The summed E-state index contributed by atoms with van der Waals surface area (Å²) in [4.78, 5) is 6.88.